The number of oxime groups is 1. The normalized spacial score (nSPS) is 10.8. The zero-order valence-electron chi connectivity index (χ0n) is 12.1. The molecule has 1 aromatic carbocycles. The molecule has 0 aliphatic carbocycles. The van der Waals surface area contributed by atoms with Crippen LogP contribution < -0.4 is 5.32 Å². The molecule has 0 radical (unpaired) electrons. The summed E-state index contributed by atoms with van der Waals surface area (Å²) in [5.41, 5.74) is 0.509. The summed E-state index contributed by atoms with van der Waals surface area (Å²) in [5, 5.41) is 17.1. The number of benzene rings is 1. The van der Waals surface area contributed by atoms with Crippen LogP contribution in [-0.4, -0.2) is 29.7 Å². The van der Waals surface area contributed by atoms with Crippen LogP contribution >= 0.6 is 0 Å². The lowest BCUT2D eigenvalue weighted by molar-refractivity contribution is -0.384. The molecule has 0 unspecified atom stereocenters. The molecule has 0 aromatic heterocycles. The Morgan fingerprint density at radius 3 is 2.81 bits per heavy atom. The Kier molecular flexibility index (Phi) is 6.86. The van der Waals surface area contributed by atoms with Crippen LogP contribution in [0, 0.1) is 10.1 Å². The maximum atomic E-state index is 11.5. The van der Waals surface area contributed by atoms with Crippen molar-refractivity contribution < 1.29 is 14.6 Å². The smallest absolute Gasteiger partial charge is 0.270 e. The van der Waals surface area contributed by atoms with E-state index in [1.807, 2.05) is 13.8 Å². The van der Waals surface area contributed by atoms with Crippen LogP contribution in [0.5, 0.6) is 0 Å². The molecule has 7 heteroatoms. The van der Waals surface area contributed by atoms with E-state index >= 15 is 0 Å². The standard InChI is InChI=1S/C14H19N3O4/c1-3-12(4-2)16-14(18)10-21-15-9-11-6-5-7-13(8-11)17(19)20/h5-9,12H,3-4,10H2,1-2H3,(H,16,18)/b15-9-. The highest BCUT2D eigenvalue weighted by Gasteiger charge is 2.08. The average Bonchev–Trinajstić information content (AvgIpc) is 2.49. The van der Waals surface area contributed by atoms with Gasteiger partial charge in [-0.3, -0.25) is 14.9 Å². The van der Waals surface area contributed by atoms with Crippen LogP contribution in [0.25, 0.3) is 0 Å². The van der Waals surface area contributed by atoms with Crippen LogP contribution in [-0.2, 0) is 9.63 Å². The molecule has 1 rings (SSSR count). The number of nitro groups is 1. The van der Waals surface area contributed by atoms with Gasteiger partial charge in [0.25, 0.3) is 11.6 Å². The van der Waals surface area contributed by atoms with E-state index in [-0.39, 0.29) is 24.2 Å². The van der Waals surface area contributed by atoms with Crippen molar-refractivity contribution in [3.63, 3.8) is 0 Å². The summed E-state index contributed by atoms with van der Waals surface area (Å²) in [7, 11) is 0. The first-order valence-corrected chi connectivity index (χ1v) is 6.76. The maximum absolute atomic E-state index is 11.5. The number of nitro benzene ring substituents is 1. The van der Waals surface area contributed by atoms with Crippen molar-refractivity contribution in [2.75, 3.05) is 6.61 Å². The number of carbonyl (C=O) groups excluding carboxylic acids is 1. The largest absolute Gasteiger partial charge is 0.386 e. The zero-order chi connectivity index (χ0) is 15.7. The molecule has 0 heterocycles. The summed E-state index contributed by atoms with van der Waals surface area (Å²) >= 11 is 0. The van der Waals surface area contributed by atoms with Gasteiger partial charge >= 0.3 is 0 Å². The summed E-state index contributed by atoms with van der Waals surface area (Å²) in [6.07, 6.45) is 3.05. The van der Waals surface area contributed by atoms with Gasteiger partial charge in [-0.25, -0.2) is 0 Å². The third-order valence-electron chi connectivity index (χ3n) is 2.90. The van der Waals surface area contributed by atoms with Crippen LogP contribution in [0.1, 0.15) is 32.3 Å². The zero-order valence-corrected chi connectivity index (χ0v) is 12.1. The van der Waals surface area contributed by atoms with E-state index in [2.05, 4.69) is 10.5 Å². The van der Waals surface area contributed by atoms with Gasteiger partial charge in [-0.1, -0.05) is 31.1 Å². The molecule has 0 aliphatic rings. The molecule has 21 heavy (non-hydrogen) atoms. The lowest BCUT2D eigenvalue weighted by Crippen LogP contribution is -2.36. The Morgan fingerprint density at radius 1 is 1.48 bits per heavy atom. The number of hydrogen-bond acceptors (Lipinski definition) is 5. The van der Waals surface area contributed by atoms with E-state index in [4.69, 9.17) is 4.84 Å². The Morgan fingerprint density at radius 2 is 2.19 bits per heavy atom. The van der Waals surface area contributed by atoms with Crippen molar-refractivity contribution >= 4 is 17.8 Å². The minimum atomic E-state index is -0.485. The van der Waals surface area contributed by atoms with Crippen LogP contribution in [0.4, 0.5) is 5.69 Å². The Labute approximate surface area is 123 Å². The number of hydrogen-bond donors (Lipinski definition) is 1. The van der Waals surface area contributed by atoms with E-state index in [9.17, 15) is 14.9 Å². The third-order valence-corrected chi connectivity index (χ3v) is 2.90. The summed E-state index contributed by atoms with van der Waals surface area (Å²) in [6, 6.07) is 6.11. The lowest BCUT2D eigenvalue weighted by atomic mass is 10.2. The molecule has 1 amide bonds. The molecule has 0 bridgehead atoms. The SMILES string of the molecule is CCC(CC)NC(=O)CO/N=C\c1cccc([N+](=O)[O-])c1. The molecule has 7 nitrogen and oxygen atoms in total. The molecule has 1 N–H and O–H groups in total. The molecule has 0 atom stereocenters. The van der Waals surface area contributed by atoms with Gasteiger partial charge in [-0.15, -0.1) is 0 Å². The second-order valence-electron chi connectivity index (χ2n) is 4.44. The average molecular weight is 293 g/mol. The minimum Gasteiger partial charge on any atom is -0.386 e. The molecule has 0 fully saturated rings. The number of non-ortho nitro benzene ring substituents is 1. The van der Waals surface area contributed by atoms with Crippen LogP contribution in [0.2, 0.25) is 0 Å². The molecule has 0 spiro atoms. The number of carbonyl (C=O) groups is 1. The van der Waals surface area contributed by atoms with Gasteiger partial charge < -0.3 is 10.2 Å². The fourth-order valence-electron chi connectivity index (χ4n) is 1.67. The molecule has 0 aliphatic heterocycles. The topological polar surface area (TPSA) is 93.8 Å². The Hall–Kier alpha value is -2.44. The van der Waals surface area contributed by atoms with E-state index < -0.39 is 4.92 Å². The molecule has 1 aromatic rings. The fraction of sp³-hybridized carbons (Fsp3) is 0.429. The Bertz CT molecular complexity index is 513. The summed E-state index contributed by atoms with van der Waals surface area (Å²) in [6.45, 7) is 3.81. The molecular formula is C14H19N3O4. The summed E-state index contributed by atoms with van der Waals surface area (Å²) in [4.78, 5) is 26.5. The quantitative estimate of drug-likeness (QED) is 0.452. The van der Waals surface area contributed by atoms with Crippen molar-refractivity contribution in [2.24, 2.45) is 5.16 Å². The van der Waals surface area contributed by atoms with E-state index in [0.29, 0.717) is 5.56 Å². The summed E-state index contributed by atoms with van der Waals surface area (Å²) < 4.78 is 0. The van der Waals surface area contributed by atoms with E-state index in [1.54, 1.807) is 12.1 Å². The van der Waals surface area contributed by atoms with Crippen molar-refractivity contribution in [3.05, 3.63) is 39.9 Å². The fourth-order valence-corrected chi connectivity index (χ4v) is 1.67. The van der Waals surface area contributed by atoms with Gasteiger partial charge in [-0.05, 0) is 12.8 Å². The number of amides is 1. The van der Waals surface area contributed by atoms with Gasteiger partial charge in [0.05, 0.1) is 11.1 Å². The number of nitrogens with zero attached hydrogens (tertiary/aromatic N) is 2. The minimum absolute atomic E-state index is 0.0228. The molecule has 0 saturated heterocycles. The third kappa shape index (κ3) is 6.03. The predicted molar refractivity (Wildman–Crippen MR) is 79.2 cm³/mol. The first-order chi connectivity index (χ1) is 10.1. The number of rotatable bonds is 8. The van der Waals surface area contributed by atoms with E-state index in [0.717, 1.165) is 12.8 Å². The second-order valence-corrected chi connectivity index (χ2v) is 4.44. The first kappa shape index (κ1) is 16.6. The first-order valence-electron chi connectivity index (χ1n) is 6.76. The molecule has 0 saturated carbocycles. The van der Waals surface area contributed by atoms with Crippen molar-refractivity contribution in [2.45, 2.75) is 32.7 Å². The van der Waals surface area contributed by atoms with Gasteiger partial charge in [0.2, 0.25) is 0 Å². The van der Waals surface area contributed by atoms with Crippen molar-refractivity contribution in [1.29, 1.82) is 0 Å². The molecule has 114 valence electrons. The monoisotopic (exact) mass is 293 g/mol. The van der Waals surface area contributed by atoms with Crippen LogP contribution in [0.3, 0.4) is 0 Å². The van der Waals surface area contributed by atoms with Gasteiger partial charge in [-0.2, -0.15) is 0 Å². The van der Waals surface area contributed by atoms with E-state index in [1.165, 1.54) is 18.3 Å². The van der Waals surface area contributed by atoms with Crippen molar-refractivity contribution in [3.8, 4) is 0 Å². The maximum Gasteiger partial charge on any atom is 0.270 e. The van der Waals surface area contributed by atoms with Gasteiger partial charge in [0.1, 0.15) is 0 Å². The van der Waals surface area contributed by atoms with Crippen LogP contribution in [0.15, 0.2) is 29.4 Å². The van der Waals surface area contributed by atoms with Crippen molar-refractivity contribution in [1.82, 2.24) is 5.32 Å². The second kappa shape index (κ2) is 8.68. The number of nitrogens with one attached hydrogen (secondary N) is 1. The highest BCUT2D eigenvalue weighted by Crippen LogP contribution is 2.11. The summed E-state index contributed by atoms with van der Waals surface area (Å²) in [5.74, 6) is -0.236. The molecular weight excluding hydrogens is 274 g/mol. The highest BCUT2D eigenvalue weighted by atomic mass is 16.6. The highest BCUT2D eigenvalue weighted by molar-refractivity contribution is 5.80. The Balaban J connectivity index is 2.43. The van der Waals surface area contributed by atoms with Gasteiger partial charge in [0.15, 0.2) is 6.61 Å². The predicted octanol–water partition coefficient (Wildman–Crippen LogP) is 2.25. The van der Waals surface area contributed by atoms with Gasteiger partial charge in [0, 0.05) is 23.7 Å². The lowest BCUT2D eigenvalue weighted by Gasteiger charge is -2.13.